The number of ether oxygens (including phenoxy) is 3. The van der Waals surface area contributed by atoms with Crippen LogP contribution in [0, 0.1) is 13.8 Å². The van der Waals surface area contributed by atoms with Crippen LogP contribution in [0.3, 0.4) is 0 Å². The lowest BCUT2D eigenvalue weighted by atomic mass is 10.1. The molecule has 2 unspecified atom stereocenters. The van der Waals surface area contributed by atoms with E-state index in [9.17, 15) is 9.59 Å². The lowest BCUT2D eigenvalue weighted by Crippen LogP contribution is -2.42. The molecular weight excluding hydrogens is 546 g/mol. The number of hydrogen-bond acceptors (Lipinski definition) is 7. The van der Waals surface area contributed by atoms with Crippen LogP contribution < -0.4 is 10.1 Å². The highest BCUT2D eigenvalue weighted by molar-refractivity contribution is 6.04. The van der Waals surface area contributed by atoms with Gasteiger partial charge in [0.2, 0.25) is 0 Å². The number of carbonyl (C=O) groups is 2. The van der Waals surface area contributed by atoms with E-state index < -0.39 is 5.60 Å². The predicted octanol–water partition coefficient (Wildman–Crippen LogP) is 5.35. The van der Waals surface area contributed by atoms with Crippen LogP contribution in [0.2, 0.25) is 0 Å². The number of likely N-dealkylation sites (N-methyl/N-ethyl adjacent to an activating group) is 1. The molecular formula is C33H43N5O5. The Hall–Kier alpha value is -3.89. The normalized spacial score (nSPS) is 18.9. The number of imidazole rings is 1. The predicted molar refractivity (Wildman–Crippen MR) is 165 cm³/mol. The summed E-state index contributed by atoms with van der Waals surface area (Å²) in [5, 5.41) is 3.10. The minimum atomic E-state index is -0.533. The van der Waals surface area contributed by atoms with Crippen LogP contribution in [0.25, 0.3) is 5.69 Å². The standard InChI is InChI=1S/C33H43N5O5/c1-22-7-8-25(15-30(22)42-29-10-12-41-20-29)31(39)35-26-13-24(14-28(16-26)38-17-23(2)34-21-38)18-37-11-9-27(19-37)36(6)32(40)43-33(3,4)5/h7-8,13-17,21,27,29H,9-12,18-20H2,1-6H3,(H,35,39). The first-order valence-corrected chi connectivity index (χ1v) is 14.9. The van der Waals surface area contributed by atoms with Gasteiger partial charge in [0.1, 0.15) is 17.5 Å². The monoisotopic (exact) mass is 589 g/mol. The number of nitrogens with one attached hydrogen (secondary N) is 1. The third-order valence-electron chi connectivity index (χ3n) is 7.76. The summed E-state index contributed by atoms with van der Waals surface area (Å²) in [5.41, 5.74) is 4.52. The summed E-state index contributed by atoms with van der Waals surface area (Å²) in [4.78, 5) is 34.5. The molecule has 2 fully saturated rings. The molecule has 10 nitrogen and oxygen atoms in total. The van der Waals surface area contributed by atoms with E-state index in [1.165, 1.54) is 0 Å². The van der Waals surface area contributed by atoms with Crippen LogP contribution in [0.1, 0.15) is 60.8 Å². The Morgan fingerprint density at radius 2 is 1.95 bits per heavy atom. The van der Waals surface area contributed by atoms with Crippen molar-refractivity contribution in [3.05, 3.63) is 71.3 Å². The summed E-state index contributed by atoms with van der Waals surface area (Å²) < 4.78 is 19.1. The molecule has 1 aromatic heterocycles. The Bertz CT molecular complexity index is 1460. The number of likely N-dealkylation sites (tertiary alicyclic amines) is 1. The molecule has 10 heteroatoms. The fourth-order valence-corrected chi connectivity index (χ4v) is 5.42. The lowest BCUT2D eigenvalue weighted by molar-refractivity contribution is 0.0228. The molecule has 2 aliphatic rings. The van der Waals surface area contributed by atoms with E-state index >= 15 is 0 Å². The van der Waals surface area contributed by atoms with E-state index in [-0.39, 0.29) is 24.1 Å². The third-order valence-corrected chi connectivity index (χ3v) is 7.76. The Morgan fingerprint density at radius 3 is 2.65 bits per heavy atom. The number of anilines is 1. The highest BCUT2D eigenvalue weighted by Gasteiger charge is 2.31. The van der Waals surface area contributed by atoms with Crippen LogP contribution in [0.5, 0.6) is 5.75 Å². The van der Waals surface area contributed by atoms with Gasteiger partial charge in [0.05, 0.1) is 25.2 Å². The van der Waals surface area contributed by atoms with Crippen molar-refractivity contribution in [2.45, 2.75) is 71.8 Å². The lowest BCUT2D eigenvalue weighted by Gasteiger charge is -2.28. The number of nitrogens with zero attached hydrogens (tertiary/aromatic N) is 4. The van der Waals surface area contributed by atoms with Crippen molar-refractivity contribution >= 4 is 17.7 Å². The first kappa shape index (κ1) is 30.6. The molecule has 3 aromatic rings. The van der Waals surface area contributed by atoms with Gasteiger partial charge in [-0.3, -0.25) is 9.69 Å². The average molecular weight is 590 g/mol. The van der Waals surface area contributed by atoms with Gasteiger partial charge in [-0.2, -0.15) is 0 Å². The summed E-state index contributed by atoms with van der Waals surface area (Å²) in [6.07, 6.45) is 5.14. The van der Waals surface area contributed by atoms with E-state index in [4.69, 9.17) is 14.2 Å². The number of aryl methyl sites for hydroxylation is 2. The zero-order valence-electron chi connectivity index (χ0n) is 26.1. The van der Waals surface area contributed by atoms with Gasteiger partial charge in [-0.1, -0.05) is 6.07 Å². The molecule has 43 heavy (non-hydrogen) atoms. The molecule has 1 N–H and O–H groups in total. The molecule has 0 saturated carbocycles. The Kier molecular flexibility index (Phi) is 9.08. The van der Waals surface area contributed by atoms with Gasteiger partial charge in [0, 0.05) is 62.3 Å². The van der Waals surface area contributed by atoms with Crippen molar-refractivity contribution in [2.75, 3.05) is 38.7 Å². The van der Waals surface area contributed by atoms with Crippen molar-refractivity contribution in [1.29, 1.82) is 0 Å². The van der Waals surface area contributed by atoms with Crippen molar-refractivity contribution in [2.24, 2.45) is 0 Å². The van der Waals surface area contributed by atoms with Gasteiger partial charge >= 0.3 is 6.09 Å². The Morgan fingerprint density at radius 1 is 1.14 bits per heavy atom. The second kappa shape index (κ2) is 12.8. The minimum absolute atomic E-state index is 0.00370. The van der Waals surface area contributed by atoms with Crippen LogP contribution in [-0.2, 0) is 16.0 Å². The fraction of sp³-hybridized carbons (Fsp3) is 0.485. The van der Waals surface area contributed by atoms with Crippen molar-refractivity contribution in [3.63, 3.8) is 0 Å². The van der Waals surface area contributed by atoms with Gasteiger partial charge in [-0.15, -0.1) is 0 Å². The number of amides is 2. The number of benzene rings is 2. The molecule has 230 valence electrons. The number of hydrogen-bond donors (Lipinski definition) is 1. The molecule has 0 aliphatic carbocycles. The number of carbonyl (C=O) groups excluding carboxylic acids is 2. The minimum Gasteiger partial charge on any atom is -0.488 e. The smallest absolute Gasteiger partial charge is 0.410 e. The van der Waals surface area contributed by atoms with Crippen molar-refractivity contribution < 1.29 is 23.8 Å². The highest BCUT2D eigenvalue weighted by Crippen LogP contribution is 2.26. The molecule has 2 aliphatic heterocycles. The van der Waals surface area contributed by atoms with Crippen molar-refractivity contribution in [3.8, 4) is 11.4 Å². The van der Waals surface area contributed by atoms with E-state index in [2.05, 4.69) is 21.3 Å². The zero-order valence-corrected chi connectivity index (χ0v) is 26.1. The summed E-state index contributed by atoms with van der Waals surface area (Å²) >= 11 is 0. The molecule has 2 atom stereocenters. The van der Waals surface area contributed by atoms with E-state index in [0.717, 1.165) is 48.4 Å². The maximum atomic E-state index is 13.4. The molecule has 0 radical (unpaired) electrons. The third kappa shape index (κ3) is 7.94. The Balaban J connectivity index is 1.32. The quantitative estimate of drug-likeness (QED) is 0.378. The molecule has 5 rings (SSSR count). The fourth-order valence-electron chi connectivity index (χ4n) is 5.42. The van der Waals surface area contributed by atoms with Crippen LogP contribution >= 0.6 is 0 Å². The van der Waals surface area contributed by atoms with Crippen molar-refractivity contribution in [1.82, 2.24) is 19.4 Å². The van der Waals surface area contributed by atoms with Gasteiger partial charge in [0.25, 0.3) is 5.91 Å². The summed E-state index contributed by atoms with van der Waals surface area (Å²) in [6.45, 7) is 13.1. The SMILES string of the molecule is Cc1cn(-c2cc(CN3CCC(N(C)C(=O)OC(C)(C)C)C3)cc(NC(=O)c3ccc(C)c(OC4CCOC4)c3)c2)cn1. The van der Waals surface area contributed by atoms with Crippen LogP contribution in [0.15, 0.2) is 48.9 Å². The topological polar surface area (TPSA) is 98.2 Å². The van der Waals surface area contributed by atoms with Gasteiger partial charge in [0.15, 0.2) is 0 Å². The van der Waals surface area contributed by atoms with Crippen LogP contribution in [0.4, 0.5) is 10.5 Å². The maximum Gasteiger partial charge on any atom is 0.410 e. The van der Waals surface area contributed by atoms with E-state index in [1.807, 2.05) is 69.6 Å². The first-order chi connectivity index (χ1) is 20.4. The number of aromatic nitrogens is 2. The maximum absolute atomic E-state index is 13.4. The average Bonchev–Trinajstić information content (AvgIpc) is 3.71. The first-order valence-electron chi connectivity index (χ1n) is 14.9. The van der Waals surface area contributed by atoms with Gasteiger partial charge in [-0.25, -0.2) is 9.78 Å². The van der Waals surface area contributed by atoms with Gasteiger partial charge < -0.3 is 29.0 Å². The van der Waals surface area contributed by atoms with Gasteiger partial charge in [-0.05, 0) is 82.5 Å². The summed E-state index contributed by atoms with van der Waals surface area (Å²) in [6, 6.07) is 11.7. The van der Waals surface area contributed by atoms with E-state index in [1.54, 1.807) is 24.3 Å². The number of rotatable bonds is 8. The molecule has 2 amide bonds. The summed E-state index contributed by atoms with van der Waals surface area (Å²) in [5.74, 6) is 0.490. The molecule has 2 saturated heterocycles. The second-order valence-electron chi connectivity index (χ2n) is 12.6. The highest BCUT2D eigenvalue weighted by atomic mass is 16.6. The summed E-state index contributed by atoms with van der Waals surface area (Å²) in [7, 11) is 1.81. The zero-order chi connectivity index (χ0) is 30.7. The molecule has 2 aromatic carbocycles. The second-order valence-corrected chi connectivity index (χ2v) is 12.6. The van der Waals surface area contributed by atoms with E-state index in [0.29, 0.717) is 36.8 Å². The molecule has 0 bridgehead atoms. The Labute approximate surface area is 253 Å². The molecule has 3 heterocycles. The largest absolute Gasteiger partial charge is 0.488 e. The van der Waals surface area contributed by atoms with Crippen LogP contribution in [-0.4, -0.2) is 82.4 Å². The molecule has 0 spiro atoms.